The van der Waals surface area contributed by atoms with Crippen LogP contribution in [0.4, 0.5) is 0 Å². The second-order valence-electron chi connectivity index (χ2n) is 6.57. The SMILES string of the molecule is Cc1cc(C)c(C(=O)N2O[C@@H](n3ccc(=O)[nH]c3=O)C[C@H]2C)c(C)c1. The van der Waals surface area contributed by atoms with Gasteiger partial charge in [-0.2, -0.15) is 0 Å². The van der Waals surface area contributed by atoms with Crippen molar-refractivity contribution in [1.82, 2.24) is 14.6 Å². The summed E-state index contributed by atoms with van der Waals surface area (Å²) in [6, 6.07) is 4.99. The maximum absolute atomic E-state index is 13.0. The van der Waals surface area contributed by atoms with Crippen LogP contribution in [0, 0.1) is 20.8 Å². The zero-order valence-corrected chi connectivity index (χ0v) is 14.7. The third kappa shape index (κ3) is 3.15. The number of carbonyl (C=O) groups excluding carboxylic acids is 1. The number of aryl methyl sites for hydroxylation is 3. The highest BCUT2D eigenvalue weighted by Gasteiger charge is 2.37. The smallest absolute Gasteiger partial charge is 0.274 e. The zero-order chi connectivity index (χ0) is 18.3. The predicted molar refractivity (Wildman–Crippen MR) is 92.3 cm³/mol. The van der Waals surface area contributed by atoms with E-state index in [0.717, 1.165) is 16.7 Å². The molecule has 1 saturated heterocycles. The van der Waals surface area contributed by atoms with E-state index in [1.807, 2.05) is 39.8 Å². The Balaban J connectivity index is 1.91. The summed E-state index contributed by atoms with van der Waals surface area (Å²) in [5, 5.41) is 1.33. The summed E-state index contributed by atoms with van der Waals surface area (Å²) in [5.74, 6) is -0.220. The van der Waals surface area contributed by atoms with Crippen molar-refractivity contribution in [2.75, 3.05) is 0 Å². The van der Waals surface area contributed by atoms with Crippen LogP contribution >= 0.6 is 0 Å². The summed E-state index contributed by atoms with van der Waals surface area (Å²) in [4.78, 5) is 44.1. The maximum Gasteiger partial charge on any atom is 0.330 e. The third-order valence-electron chi connectivity index (χ3n) is 4.43. The first kappa shape index (κ1) is 17.2. The number of hydrogen-bond acceptors (Lipinski definition) is 4. The van der Waals surface area contributed by atoms with Crippen molar-refractivity contribution in [1.29, 1.82) is 0 Å². The van der Waals surface area contributed by atoms with Crippen molar-refractivity contribution in [3.05, 3.63) is 67.5 Å². The van der Waals surface area contributed by atoms with Gasteiger partial charge in [0.15, 0.2) is 6.23 Å². The van der Waals surface area contributed by atoms with Crippen molar-refractivity contribution < 1.29 is 9.63 Å². The number of H-pyrrole nitrogens is 1. The molecule has 1 aromatic carbocycles. The minimum absolute atomic E-state index is 0.198. The molecule has 1 N–H and O–H groups in total. The molecule has 0 saturated carbocycles. The molecule has 7 heteroatoms. The third-order valence-corrected chi connectivity index (χ3v) is 4.43. The molecule has 1 aliphatic rings. The van der Waals surface area contributed by atoms with Crippen molar-refractivity contribution >= 4 is 5.91 Å². The Morgan fingerprint density at radius 3 is 2.44 bits per heavy atom. The molecule has 3 rings (SSSR count). The standard InChI is InChI=1S/C18H21N3O4/c1-10-7-11(2)16(12(3)8-10)17(23)21-13(4)9-15(25-21)20-6-5-14(22)19-18(20)24/h5-8,13,15H,9H2,1-4H3,(H,19,22,24)/t13-,15-/m1/s1. The van der Waals surface area contributed by atoms with Gasteiger partial charge in [-0.1, -0.05) is 17.7 Å². The van der Waals surface area contributed by atoms with E-state index in [2.05, 4.69) is 4.98 Å². The lowest BCUT2D eigenvalue weighted by Gasteiger charge is -2.22. The fourth-order valence-electron chi connectivity index (χ4n) is 3.36. The van der Waals surface area contributed by atoms with Crippen LogP contribution in [0.1, 0.15) is 46.6 Å². The van der Waals surface area contributed by atoms with Gasteiger partial charge in [0.05, 0.1) is 6.04 Å². The van der Waals surface area contributed by atoms with Gasteiger partial charge in [0, 0.05) is 24.2 Å². The Bertz CT molecular complexity index is 921. The molecule has 0 radical (unpaired) electrons. The molecule has 2 atom stereocenters. The van der Waals surface area contributed by atoms with Crippen molar-refractivity contribution in [3.63, 3.8) is 0 Å². The van der Waals surface area contributed by atoms with Crippen LogP contribution in [0.25, 0.3) is 0 Å². The average molecular weight is 343 g/mol. The maximum atomic E-state index is 13.0. The fraction of sp³-hybridized carbons (Fsp3) is 0.389. The van der Waals surface area contributed by atoms with E-state index < -0.39 is 17.5 Å². The fourth-order valence-corrected chi connectivity index (χ4v) is 3.36. The molecular formula is C18H21N3O4. The lowest BCUT2D eigenvalue weighted by atomic mass is 9.99. The number of amides is 1. The quantitative estimate of drug-likeness (QED) is 0.901. The Morgan fingerprint density at radius 1 is 1.20 bits per heavy atom. The predicted octanol–water partition coefficient (Wildman–Crippen LogP) is 1.83. The van der Waals surface area contributed by atoms with Crippen LogP contribution in [0.2, 0.25) is 0 Å². The van der Waals surface area contributed by atoms with Crippen LogP contribution in [0.3, 0.4) is 0 Å². The van der Waals surface area contributed by atoms with Crippen LogP contribution < -0.4 is 11.2 Å². The highest BCUT2D eigenvalue weighted by Crippen LogP contribution is 2.30. The van der Waals surface area contributed by atoms with Gasteiger partial charge >= 0.3 is 5.69 Å². The van der Waals surface area contributed by atoms with E-state index in [-0.39, 0.29) is 11.9 Å². The number of carbonyl (C=O) groups is 1. The number of benzene rings is 1. The lowest BCUT2D eigenvalue weighted by Crippen LogP contribution is -2.35. The molecular weight excluding hydrogens is 322 g/mol. The Kier molecular flexibility index (Phi) is 4.34. The number of nitrogens with zero attached hydrogens (tertiary/aromatic N) is 2. The Hall–Kier alpha value is -2.67. The van der Waals surface area contributed by atoms with E-state index >= 15 is 0 Å². The Morgan fingerprint density at radius 2 is 1.84 bits per heavy atom. The molecule has 25 heavy (non-hydrogen) atoms. The van der Waals surface area contributed by atoms with Crippen molar-refractivity contribution in [2.24, 2.45) is 0 Å². The summed E-state index contributed by atoms with van der Waals surface area (Å²) in [6.45, 7) is 7.66. The van der Waals surface area contributed by atoms with Crippen molar-refractivity contribution in [2.45, 2.75) is 46.4 Å². The number of rotatable bonds is 2. The molecule has 0 spiro atoms. The highest BCUT2D eigenvalue weighted by molar-refractivity contribution is 5.96. The summed E-state index contributed by atoms with van der Waals surface area (Å²) in [7, 11) is 0. The zero-order valence-electron chi connectivity index (χ0n) is 14.7. The molecule has 7 nitrogen and oxygen atoms in total. The highest BCUT2D eigenvalue weighted by atomic mass is 16.7. The number of hydrogen-bond donors (Lipinski definition) is 1. The van der Waals surface area contributed by atoms with Crippen LogP contribution in [-0.4, -0.2) is 26.6 Å². The van der Waals surface area contributed by atoms with Gasteiger partial charge in [-0.3, -0.25) is 19.1 Å². The summed E-state index contributed by atoms with van der Waals surface area (Å²) in [6.07, 6.45) is 1.21. The summed E-state index contributed by atoms with van der Waals surface area (Å²) in [5.41, 5.74) is 2.48. The lowest BCUT2D eigenvalue weighted by molar-refractivity contribution is -0.148. The molecule has 2 heterocycles. The largest absolute Gasteiger partial charge is 0.330 e. The number of hydroxylamine groups is 2. The van der Waals surface area contributed by atoms with Crippen LogP contribution in [0.5, 0.6) is 0 Å². The average Bonchev–Trinajstić information content (AvgIpc) is 2.87. The Labute approximate surface area is 144 Å². The molecule has 1 aromatic heterocycles. The first-order chi connectivity index (χ1) is 11.8. The molecule has 132 valence electrons. The first-order valence-corrected chi connectivity index (χ1v) is 8.17. The molecule has 1 fully saturated rings. The van der Waals surface area contributed by atoms with Gasteiger partial charge < -0.3 is 0 Å². The molecule has 0 aliphatic carbocycles. The van der Waals surface area contributed by atoms with E-state index in [9.17, 15) is 14.4 Å². The second-order valence-corrected chi connectivity index (χ2v) is 6.57. The van der Waals surface area contributed by atoms with Gasteiger partial charge in [-0.15, -0.1) is 0 Å². The first-order valence-electron chi connectivity index (χ1n) is 8.17. The second kappa shape index (κ2) is 6.33. The summed E-state index contributed by atoms with van der Waals surface area (Å²) < 4.78 is 1.29. The molecule has 0 bridgehead atoms. The normalized spacial score (nSPS) is 20.1. The van der Waals surface area contributed by atoms with Gasteiger partial charge in [-0.25, -0.2) is 14.7 Å². The van der Waals surface area contributed by atoms with E-state index in [1.54, 1.807) is 0 Å². The van der Waals surface area contributed by atoms with E-state index in [0.29, 0.717) is 12.0 Å². The van der Waals surface area contributed by atoms with Gasteiger partial charge in [0.2, 0.25) is 0 Å². The molecule has 0 unspecified atom stereocenters. The van der Waals surface area contributed by atoms with Crippen LogP contribution in [0.15, 0.2) is 34.0 Å². The minimum Gasteiger partial charge on any atom is -0.274 e. The number of nitrogens with one attached hydrogen (secondary N) is 1. The minimum atomic E-state index is -0.630. The molecule has 2 aromatic rings. The van der Waals surface area contributed by atoms with Crippen molar-refractivity contribution in [3.8, 4) is 0 Å². The van der Waals surface area contributed by atoms with Gasteiger partial charge in [0.1, 0.15) is 0 Å². The number of aromatic amines is 1. The molecule has 1 aliphatic heterocycles. The summed E-state index contributed by atoms with van der Waals surface area (Å²) >= 11 is 0. The van der Waals surface area contributed by atoms with Gasteiger partial charge in [-0.05, 0) is 38.8 Å². The van der Waals surface area contributed by atoms with E-state index in [1.165, 1.54) is 21.9 Å². The van der Waals surface area contributed by atoms with E-state index in [4.69, 9.17) is 4.84 Å². The topological polar surface area (TPSA) is 84.4 Å². The van der Waals surface area contributed by atoms with Gasteiger partial charge in [0.25, 0.3) is 11.5 Å². The monoisotopic (exact) mass is 343 g/mol. The number of aromatic nitrogens is 2. The van der Waals surface area contributed by atoms with Crippen LogP contribution in [-0.2, 0) is 4.84 Å². The molecule has 1 amide bonds.